The topological polar surface area (TPSA) is 68.4 Å². The molecule has 182 valence electrons. The summed E-state index contributed by atoms with van der Waals surface area (Å²) < 4.78 is 0. The lowest BCUT2D eigenvalue weighted by atomic mass is 10.0. The van der Waals surface area contributed by atoms with Gasteiger partial charge in [-0.25, -0.2) is 0 Å². The van der Waals surface area contributed by atoms with Gasteiger partial charge in [-0.2, -0.15) is 0 Å². The van der Waals surface area contributed by atoms with Crippen molar-refractivity contribution in [2.24, 2.45) is 0 Å². The number of amides is 1. The van der Waals surface area contributed by atoms with Crippen molar-refractivity contribution in [3.05, 3.63) is 83.4 Å². The van der Waals surface area contributed by atoms with Gasteiger partial charge in [0.1, 0.15) is 0 Å². The molecule has 0 saturated carbocycles. The van der Waals surface area contributed by atoms with Crippen LogP contribution in [0.4, 0.5) is 22.7 Å². The Morgan fingerprint density at radius 3 is 2.14 bits per heavy atom. The summed E-state index contributed by atoms with van der Waals surface area (Å²) in [5.74, 6) is -0.105. The normalized spacial score (nSPS) is 14.2. The number of carbonyl (C=O) groups is 1. The van der Waals surface area contributed by atoms with E-state index in [0.29, 0.717) is 16.2 Å². The van der Waals surface area contributed by atoms with Gasteiger partial charge < -0.3 is 21.3 Å². The Kier molecular flexibility index (Phi) is 8.58. The van der Waals surface area contributed by atoms with Crippen LogP contribution in [0.1, 0.15) is 25.3 Å². The highest BCUT2D eigenvalue weighted by molar-refractivity contribution is 7.80. The molecule has 3 aromatic carbocycles. The van der Waals surface area contributed by atoms with Crippen LogP contribution >= 0.6 is 23.8 Å². The summed E-state index contributed by atoms with van der Waals surface area (Å²) in [5.41, 5.74) is 4.66. The van der Waals surface area contributed by atoms with E-state index in [4.69, 9.17) is 23.8 Å². The Morgan fingerprint density at radius 1 is 0.914 bits per heavy atom. The minimum absolute atomic E-state index is 0.105. The Labute approximate surface area is 217 Å². The fourth-order valence-electron chi connectivity index (χ4n) is 4.14. The van der Waals surface area contributed by atoms with Crippen LogP contribution < -0.4 is 21.3 Å². The summed E-state index contributed by atoms with van der Waals surface area (Å²) in [5, 5.41) is 13.8. The summed E-state index contributed by atoms with van der Waals surface area (Å²) in [7, 11) is 0. The van der Waals surface area contributed by atoms with E-state index in [1.807, 2.05) is 42.5 Å². The quantitative estimate of drug-likeness (QED) is 0.286. The van der Waals surface area contributed by atoms with Gasteiger partial charge in [-0.15, -0.1) is 0 Å². The average Bonchev–Trinajstić information content (AvgIpc) is 2.83. The zero-order valence-corrected chi connectivity index (χ0v) is 21.3. The summed E-state index contributed by atoms with van der Waals surface area (Å²) in [6.45, 7) is 4.61. The zero-order valence-electron chi connectivity index (χ0n) is 19.7. The molecular formula is C27H30ClN5OS. The van der Waals surface area contributed by atoms with Crippen molar-refractivity contribution in [2.75, 3.05) is 34.4 Å². The van der Waals surface area contributed by atoms with E-state index in [1.165, 1.54) is 12.5 Å². The molecule has 0 bridgehead atoms. The van der Waals surface area contributed by atoms with Crippen LogP contribution in [0.5, 0.6) is 0 Å². The minimum Gasteiger partial charge on any atom is -0.381 e. The monoisotopic (exact) mass is 507 g/mol. The predicted molar refractivity (Wildman–Crippen MR) is 150 cm³/mol. The van der Waals surface area contributed by atoms with Crippen LogP contribution in [0, 0.1) is 0 Å². The lowest BCUT2D eigenvalue weighted by Gasteiger charge is -2.33. The van der Waals surface area contributed by atoms with Crippen LogP contribution in [0.15, 0.2) is 72.8 Å². The highest BCUT2D eigenvalue weighted by Crippen LogP contribution is 2.28. The molecule has 3 aromatic rings. The minimum atomic E-state index is -0.105. The first-order chi connectivity index (χ1) is 16.9. The van der Waals surface area contributed by atoms with E-state index in [-0.39, 0.29) is 5.91 Å². The molecule has 4 rings (SSSR count). The highest BCUT2D eigenvalue weighted by atomic mass is 35.5. The SMILES string of the molecule is CC(=O)Nc1ccc(NC(=S)Nc2ccc(NC3CCN(Cc4ccccc4)CC3)c(Cl)c2)cc1. The van der Waals surface area contributed by atoms with Crippen molar-refractivity contribution in [3.8, 4) is 0 Å². The van der Waals surface area contributed by atoms with Gasteiger partial charge in [-0.1, -0.05) is 41.9 Å². The molecule has 0 aliphatic carbocycles. The van der Waals surface area contributed by atoms with E-state index < -0.39 is 0 Å². The number of nitrogens with one attached hydrogen (secondary N) is 4. The van der Waals surface area contributed by atoms with Crippen LogP contribution in [0.2, 0.25) is 5.02 Å². The number of halogens is 1. The molecule has 6 nitrogen and oxygen atoms in total. The molecule has 1 aliphatic rings. The molecule has 1 heterocycles. The van der Waals surface area contributed by atoms with E-state index in [9.17, 15) is 4.79 Å². The standard InChI is InChI=1S/C27H30ClN5OS/c1-19(34)29-21-7-9-22(10-8-21)31-27(35)32-24-11-12-26(25(28)17-24)30-23-13-15-33(16-14-23)18-20-5-3-2-4-6-20/h2-12,17,23,30H,13-16,18H2,1H3,(H,29,34)(H2,31,32,35). The first-order valence-corrected chi connectivity index (χ1v) is 12.5. The average molecular weight is 508 g/mol. The van der Waals surface area contributed by atoms with E-state index >= 15 is 0 Å². The number of hydrogen-bond acceptors (Lipinski definition) is 4. The maximum atomic E-state index is 11.1. The van der Waals surface area contributed by atoms with Crippen LogP contribution in [0.25, 0.3) is 0 Å². The molecule has 0 radical (unpaired) electrons. The van der Waals surface area contributed by atoms with Gasteiger partial charge in [0, 0.05) is 49.7 Å². The van der Waals surface area contributed by atoms with Gasteiger partial charge in [-0.3, -0.25) is 9.69 Å². The second-order valence-electron chi connectivity index (χ2n) is 8.71. The van der Waals surface area contributed by atoms with Crippen molar-refractivity contribution < 1.29 is 4.79 Å². The molecule has 4 N–H and O–H groups in total. The molecule has 1 aliphatic heterocycles. The van der Waals surface area contributed by atoms with Crippen LogP contribution in [0.3, 0.4) is 0 Å². The smallest absolute Gasteiger partial charge is 0.221 e. The predicted octanol–water partition coefficient (Wildman–Crippen LogP) is 6.18. The van der Waals surface area contributed by atoms with Crippen LogP contribution in [-0.4, -0.2) is 35.1 Å². The largest absolute Gasteiger partial charge is 0.381 e. The first-order valence-electron chi connectivity index (χ1n) is 11.7. The molecule has 1 fully saturated rings. The van der Waals surface area contributed by atoms with E-state index in [1.54, 1.807) is 0 Å². The molecule has 1 amide bonds. The maximum Gasteiger partial charge on any atom is 0.221 e. The number of carbonyl (C=O) groups excluding carboxylic acids is 1. The first kappa shape index (κ1) is 25.0. The third-order valence-electron chi connectivity index (χ3n) is 5.89. The summed E-state index contributed by atoms with van der Waals surface area (Å²) >= 11 is 12.0. The number of piperidine rings is 1. The maximum absolute atomic E-state index is 11.1. The van der Waals surface area contributed by atoms with Gasteiger partial charge in [0.05, 0.1) is 10.7 Å². The number of likely N-dealkylation sites (tertiary alicyclic amines) is 1. The van der Waals surface area contributed by atoms with Crippen LogP contribution in [-0.2, 0) is 11.3 Å². The Morgan fingerprint density at radius 2 is 1.51 bits per heavy atom. The second-order valence-corrected chi connectivity index (χ2v) is 9.53. The second kappa shape index (κ2) is 12.0. The number of hydrogen-bond donors (Lipinski definition) is 4. The summed E-state index contributed by atoms with van der Waals surface area (Å²) in [6.07, 6.45) is 2.16. The van der Waals surface area contributed by atoms with Crippen molar-refractivity contribution in [1.29, 1.82) is 0 Å². The van der Waals surface area contributed by atoms with Crippen molar-refractivity contribution in [3.63, 3.8) is 0 Å². The summed E-state index contributed by atoms with van der Waals surface area (Å²) in [6, 6.07) is 24.2. The van der Waals surface area contributed by atoms with E-state index in [2.05, 4.69) is 56.5 Å². The van der Waals surface area contributed by atoms with Gasteiger partial charge in [0.15, 0.2) is 5.11 Å². The van der Waals surface area contributed by atoms with Gasteiger partial charge in [-0.05, 0) is 73.1 Å². The number of benzene rings is 3. The lowest BCUT2D eigenvalue weighted by Crippen LogP contribution is -2.38. The van der Waals surface area contributed by atoms with Gasteiger partial charge in [0.2, 0.25) is 5.91 Å². The molecule has 1 saturated heterocycles. The zero-order chi connectivity index (χ0) is 24.6. The molecular weight excluding hydrogens is 478 g/mol. The van der Waals surface area contributed by atoms with Gasteiger partial charge in [0.25, 0.3) is 0 Å². The Hall–Kier alpha value is -3.13. The molecule has 8 heteroatoms. The Balaban J connectivity index is 1.24. The summed E-state index contributed by atoms with van der Waals surface area (Å²) in [4.78, 5) is 13.6. The number of nitrogens with zero attached hydrogens (tertiary/aromatic N) is 1. The van der Waals surface area contributed by atoms with Crippen molar-refractivity contribution >= 4 is 57.6 Å². The lowest BCUT2D eigenvalue weighted by molar-refractivity contribution is -0.114. The molecule has 0 atom stereocenters. The molecule has 35 heavy (non-hydrogen) atoms. The van der Waals surface area contributed by atoms with Crippen molar-refractivity contribution in [1.82, 2.24) is 4.90 Å². The molecule has 0 spiro atoms. The fourth-order valence-corrected chi connectivity index (χ4v) is 4.61. The number of anilines is 4. The molecule has 0 unspecified atom stereocenters. The Bertz CT molecular complexity index is 1150. The van der Waals surface area contributed by atoms with E-state index in [0.717, 1.165) is 55.2 Å². The third kappa shape index (κ3) is 7.68. The van der Waals surface area contributed by atoms with Crippen molar-refractivity contribution in [2.45, 2.75) is 32.4 Å². The third-order valence-corrected chi connectivity index (χ3v) is 6.40. The number of rotatable bonds is 7. The molecule has 0 aromatic heterocycles. The van der Waals surface area contributed by atoms with Gasteiger partial charge >= 0.3 is 0 Å². The highest BCUT2D eigenvalue weighted by Gasteiger charge is 2.20. The fraction of sp³-hybridized carbons (Fsp3) is 0.259. The number of thiocarbonyl (C=S) groups is 1.